The Labute approximate surface area is 165 Å². The van der Waals surface area contributed by atoms with E-state index in [1.807, 2.05) is 12.1 Å². The molecule has 28 heavy (non-hydrogen) atoms. The van der Waals surface area contributed by atoms with E-state index in [1.54, 1.807) is 19.2 Å². The Morgan fingerprint density at radius 2 is 1.96 bits per heavy atom. The van der Waals surface area contributed by atoms with Gasteiger partial charge in [0, 0.05) is 12.5 Å². The lowest BCUT2D eigenvalue weighted by atomic mass is 10.0. The van der Waals surface area contributed by atoms with Crippen molar-refractivity contribution in [3.63, 3.8) is 0 Å². The van der Waals surface area contributed by atoms with E-state index in [0.29, 0.717) is 6.54 Å². The summed E-state index contributed by atoms with van der Waals surface area (Å²) in [5.41, 5.74) is 2.22. The van der Waals surface area contributed by atoms with Crippen molar-refractivity contribution < 1.29 is 13.9 Å². The molecular formula is C23H27FN2O2. The number of halogens is 1. The van der Waals surface area contributed by atoms with Crippen molar-refractivity contribution in [1.82, 2.24) is 10.2 Å². The molecule has 5 heteroatoms. The summed E-state index contributed by atoms with van der Waals surface area (Å²) in [6.07, 6.45) is 3.23. The van der Waals surface area contributed by atoms with E-state index in [2.05, 4.69) is 22.3 Å². The first kappa shape index (κ1) is 18.9. The van der Waals surface area contributed by atoms with Gasteiger partial charge in [-0.1, -0.05) is 24.3 Å². The molecule has 0 radical (unpaired) electrons. The van der Waals surface area contributed by atoms with E-state index in [0.717, 1.165) is 30.8 Å². The van der Waals surface area contributed by atoms with Crippen LogP contribution in [0.3, 0.4) is 0 Å². The Morgan fingerprint density at radius 3 is 2.68 bits per heavy atom. The maximum Gasteiger partial charge on any atom is 0.223 e. The number of nitrogens with zero attached hydrogens (tertiary/aromatic N) is 1. The minimum Gasteiger partial charge on any atom is -0.497 e. The van der Waals surface area contributed by atoms with Crippen LogP contribution in [0, 0.1) is 11.7 Å². The third kappa shape index (κ3) is 4.20. The number of benzene rings is 2. The molecule has 1 saturated carbocycles. The summed E-state index contributed by atoms with van der Waals surface area (Å²) >= 11 is 0. The normalized spacial score (nSPS) is 22.6. The van der Waals surface area contributed by atoms with Gasteiger partial charge in [-0.05, 0) is 73.7 Å². The Hall–Kier alpha value is -2.40. The maximum absolute atomic E-state index is 13.1. The van der Waals surface area contributed by atoms with Crippen LogP contribution in [0.5, 0.6) is 5.75 Å². The highest BCUT2D eigenvalue weighted by molar-refractivity contribution is 5.82. The molecule has 1 heterocycles. The average Bonchev–Trinajstić information content (AvgIpc) is 3.35. The van der Waals surface area contributed by atoms with Crippen molar-refractivity contribution in [2.75, 3.05) is 26.7 Å². The molecule has 2 aliphatic rings. The molecule has 0 aromatic heterocycles. The Morgan fingerprint density at radius 1 is 1.21 bits per heavy atom. The van der Waals surface area contributed by atoms with Crippen LogP contribution >= 0.6 is 0 Å². The van der Waals surface area contributed by atoms with Crippen LogP contribution in [0.1, 0.15) is 42.3 Å². The second-order valence-electron chi connectivity index (χ2n) is 7.78. The van der Waals surface area contributed by atoms with Crippen LogP contribution in [0.4, 0.5) is 4.39 Å². The van der Waals surface area contributed by atoms with Gasteiger partial charge in [-0.15, -0.1) is 0 Å². The van der Waals surface area contributed by atoms with Gasteiger partial charge in [-0.25, -0.2) is 4.39 Å². The van der Waals surface area contributed by atoms with Gasteiger partial charge in [0.2, 0.25) is 5.91 Å². The molecule has 1 aliphatic heterocycles. The van der Waals surface area contributed by atoms with E-state index < -0.39 is 0 Å². The Kier molecular flexibility index (Phi) is 5.62. The zero-order valence-electron chi connectivity index (χ0n) is 16.2. The highest BCUT2D eigenvalue weighted by Crippen LogP contribution is 2.47. The van der Waals surface area contributed by atoms with Crippen molar-refractivity contribution >= 4 is 5.91 Å². The van der Waals surface area contributed by atoms with Crippen molar-refractivity contribution in [2.45, 2.75) is 31.2 Å². The second kappa shape index (κ2) is 8.31. The first-order chi connectivity index (χ1) is 13.7. The lowest BCUT2D eigenvalue weighted by molar-refractivity contribution is -0.122. The summed E-state index contributed by atoms with van der Waals surface area (Å²) in [5.74, 6) is 0.905. The summed E-state index contributed by atoms with van der Waals surface area (Å²) < 4.78 is 18.5. The fourth-order valence-corrected chi connectivity index (χ4v) is 4.25. The number of methoxy groups -OCH3 is 1. The number of carbonyl (C=O) groups excluding carboxylic acids is 1. The quantitative estimate of drug-likeness (QED) is 0.790. The smallest absolute Gasteiger partial charge is 0.223 e. The Balaban J connectivity index is 1.40. The van der Waals surface area contributed by atoms with Gasteiger partial charge in [-0.3, -0.25) is 9.69 Å². The van der Waals surface area contributed by atoms with Crippen LogP contribution in [0.25, 0.3) is 0 Å². The molecular weight excluding hydrogens is 355 g/mol. The number of rotatable bonds is 7. The summed E-state index contributed by atoms with van der Waals surface area (Å²) in [6, 6.07) is 14.8. The van der Waals surface area contributed by atoms with Crippen molar-refractivity contribution in [2.24, 2.45) is 5.92 Å². The number of carbonyl (C=O) groups is 1. The monoisotopic (exact) mass is 382 g/mol. The SMILES string of the molecule is COc1cccc(C(CNC(=O)C2CC2c2ccc(F)cc2)N2CCCC2)c1. The zero-order valence-corrected chi connectivity index (χ0v) is 16.2. The number of hydrogen-bond acceptors (Lipinski definition) is 3. The molecule has 2 aromatic rings. The molecule has 4 rings (SSSR count). The lowest BCUT2D eigenvalue weighted by Gasteiger charge is -2.28. The first-order valence-electron chi connectivity index (χ1n) is 10.1. The molecule has 0 spiro atoms. The minimum absolute atomic E-state index is 0.00463. The summed E-state index contributed by atoms with van der Waals surface area (Å²) in [7, 11) is 1.68. The van der Waals surface area contributed by atoms with Crippen LogP contribution < -0.4 is 10.1 Å². The fourth-order valence-electron chi connectivity index (χ4n) is 4.25. The van der Waals surface area contributed by atoms with E-state index >= 15 is 0 Å². The van der Waals surface area contributed by atoms with Crippen LogP contribution in [-0.4, -0.2) is 37.6 Å². The van der Waals surface area contributed by atoms with Gasteiger partial charge < -0.3 is 10.1 Å². The van der Waals surface area contributed by atoms with Crippen molar-refractivity contribution in [3.8, 4) is 5.75 Å². The molecule has 1 saturated heterocycles. The van der Waals surface area contributed by atoms with Gasteiger partial charge in [0.05, 0.1) is 13.2 Å². The predicted molar refractivity (Wildman–Crippen MR) is 107 cm³/mol. The summed E-state index contributed by atoms with van der Waals surface area (Å²) in [5, 5.41) is 3.17. The predicted octanol–water partition coefficient (Wildman–Crippen LogP) is 3.89. The molecule has 3 unspecified atom stereocenters. The van der Waals surface area contributed by atoms with Gasteiger partial charge in [0.15, 0.2) is 0 Å². The van der Waals surface area contributed by atoms with E-state index in [-0.39, 0.29) is 29.6 Å². The second-order valence-corrected chi connectivity index (χ2v) is 7.78. The molecule has 4 nitrogen and oxygen atoms in total. The number of hydrogen-bond donors (Lipinski definition) is 1. The standard InChI is InChI=1S/C23H27FN2O2/c1-28-19-6-4-5-17(13-19)22(26-11-2-3-12-26)15-25-23(27)21-14-20(21)16-7-9-18(24)10-8-16/h4-10,13,20-22H,2-3,11-12,14-15H2,1H3,(H,25,27). The van der Waals surface area contributed by atoms with Crippen LogP contribution in [-0.2, 0) is 4.79 Å². The number of ether oxygens (including phenoxy) is 1. The largest absolute Gasteiger partial charge is 0.497 e. The average molecular weight is 382 g/mol. The molecule has 1 aliphatic carbocycles. The molecule has 1 amide bonds. The number of nitrogens with one attached hydrogen (secondary N) is 1. The molecule has 148 valence electrons. The zero-order chi connectivity index (χ0) is 19.5. The van der Waals surface area contributed by atoms with E-state index in [4.69, 9.17) is 4.74 Å². The highest BCUT2D eigenvalue weighted by atomic mass is 19.1. The van der Waals surface area contributed by atoms with Crippen LogP contribution in [0.15, 0.2) is 48.5 Å². The third-order valence-electron chi connectivity index (χ3n) is 5.96. The van der Waals surface area contributed by atoms with Crippen molar-refractivity contribution in [1.29, 1.82) is 0 Å². The van der Waals surface area contributed by atoms with Crippen molar-refractivity contribution in [3.05, 3.63) is 65.5 Å². The minimum atomic E-state index is -0.239. The summed E-state index contributed by atoms with van der Waals surface area (Å²) in [4.78, 5) is 15.1. The van der Waals surface area contributed by atoms with E-state index in [9.17, 15) is 9.18 Å². The topological polar surface area (TPSA) is 41.6 Å². The molecule has 1 N–H and O–H groups in total. The molecule has 2 fully saturated rings. The van der Waals surface area contributed by atoms with Gasteiger partial charge in [0.1, 0.15) is 11.6 Å². The lowest BCUT2D eigenvalue weighted by Crippen LogP contribution is -2.37. The molecule has 0 bridgehead atoms. The summed E-state index contributed by atoms with van der Waals surface area (Å²) in [6.45, 7) is 2.71. The highest BCUT2D eigenvalue weighted by Gasteiger charge is 2.44. The maximum atomic E-state index is 13.1. The molecule has 3 atom stereocenters. The fraction of sp³-hybridized carbons (Fsp3) is 0.435. The van der Waals surface area contributed by atoms with Gasteiger partial charge in [0.25, 0.3) is 0 Å². The number of amides is 1. The van der Waals surface area contributed by atoms with Crippen LogP contribution in [0.2, 0.25) is 0 Å². The molecule has 2 aromatic carbocycles. The number of likely N-dealkylation sites (tertiary alicyclic amines) is 1. The van der Waals surface area contributed by atoms with Gasteiger partial charge >= 0.3 is 0 Å². The first-order valence-corrected chi connectivity index (χ1v) is 10.1. The van der Waals surface area contributed by atoms with E-state index in [1.165, 1.54) is 30.5 Å². The third-order valence-corrected chi connectivity index (χ3v) is 5.96. The Bertz CT molecular complexity index is 818. The van der Waals surface area contributed by atoms with Gasteiger partial charge in [-0.2, -0.15) is 0 Å².